The van der Waals surface area contributed by atoms with Gasteiger partial charge < -0.3 is 0 Å². The van der Waals surface area contributed by atoms with Crippen LogP contribution in [0, 0.1) is 0 Å². The largest absolute Gasteiger partial charge is 0.258 e. The van der Waals surface area contributed by atoms with Crippen LogP contribution in [0.5, 0.6) is 0 Å². The minimum atomic E-state index is 0.00203. The minimum Gasteiger partial charge on any atom is -0.247 e. The van der Waals surface area contributed by atoms with Crippen LogP contribution >= 0.6 is 0 Å². The van der Waals surface area contributed by atoms with Crippen LogP contribution in [-0.2, 0) is 18.4 Å². The molecular weight excluding hydrogens is 629 g/mol. The lowest BCUT2D eigenvalue weighted by molar-refractivity contribution is -0.705. The zero-order valence-electron chi connectivity index (χ0n) is 34.7. The van der Waals surface area contributed by atoms with Gasteiger partial charge in [0.15, 0.2) is 0 Å². The van der Waals surface area contributed by atoms with Crippen LogP contribution in [0.25, 0.3) is 0 Å². The first kappa shape index (κ1) is 44.0. The Kier molecular flexibility index (Phi) is 24.6. The lowest BCUT2D eigenvalue weighted by Crippen LogP contribution is -2.43. The zero-order valence-corrected chi connectivity index (χ0v) is 34.7. The standard InChI is InChI=1S/C50H82N2/c1-4-6-8-10-12-14-16-18-19-20-22-24-26-28-36-43-52-44-42-51-49(52)48(41-35-27-25-23-21-17-15-13-11-9-7-5-2)50(3,47-39-33-30-34-40-47)45-46-37-31-29-32-38-46/h29-34,37-40,42,44,48H,4-28,35-36,41,43,45H2,1-3H3/p+1. The Morgan fingerprint density at radius 2 is 0.904 bits per heavy atom. The van der Waals surface area contributed by atoms with Crippen molar-refractivity contribution in [2.75, 3.05) is 0 Å². The topological polar surface area (TPSA) is 19.7 Å². The number of hydrogen-bond donors (Lipinski definition) is 1. The molecule has 2 nitrogen and oxygen atoms in total. The first-order valence-corrected chi connectivity index (χ1v) is 22.8. The minimum absolute atomic E-state index is 0.00203. The monoisotopic (exact) mass is 712 g/mol. The van der Waals surface area contributed by atoms with E-state index in [4.69, 9.17) is 0 Å². The molecule has 2 aromatic carbocycles. The van der Waals surface area contributed by atoms with Crippen molar-refractivity contribution in [1.29, 1.82) is 0 Å². The Balaban J connectivity index is 1.51. The van der Waals surface area contributed by atoms with Crippen LogP contribution in [-0.4, -0.2) is 4.98 Å². The second-order valence-electron chi connectivity index (χ2n) is 16.7. The van der Waals surface area contributed by atoms with E-state index < -0.39 is 0 Å². The highest BCUT2D eigenvalue weighted by Crippen LogP contribution is 2.43. The summed E-state index contributed by atoms with van der Waals surface area (Å²) >= 11 is 0. The molecular formula is C50H83N2+. The highest BCUT2D eigenvalue weighted by Gasteiger charge is 2.42. The van der Waals surface area contributed by atoms with Crippen LogP contribution in [0.15, 0.2) is 73.1 Å². The summed E-state index contributed by atoms with van der Waals surface area (Å²) in [6.45, 7) is 8.30. The van der Waals surface area contributed by atoms with E-state index >= 15 is 0 Å². The summed E-state index contributed by atoms with van der Waals surface area (Å²) in [5, 5.41) is 0. The quantitative estimate of drug-likeness (QED) is 0.0470. The predicted octanol–water partition coefficient (Wildman–Crippen LogP) is 15.5. The fourth-order valence-corrected chi connectivity index (χ4v) is 8.74. The fraction of sp³-hybridized carbons (Fsp3) is 0.700. The Labute approximate surface area is 323 Å². The number of imidazole rings is 1. The molecule has 0 amide bonds. The van der Waals surface area contributed by atoms with Crippen molar-refractivity contribution >= 4 is 0 Å². The molecule has 3 aromatic rings. The molecule has 0 spiro atoms. The highest BCUT2D eigenvalue weighted by molar-refractivity contribution is 5.32. The van der Waals surface area contributed by atoms with E-state index in [1.54, 1.807) is 0 Å². The second-order valence-corrected chi connectivity index (χ2v) is 16.7. The van der Waals surface area contributed by atoms with Crippen LogP contribution in [0.4, 0.5) is 0 Å². The molecule has 1 N–H and O–H groups in total. The molecule has 2 unspecified atom stereocenters. The third-order valence-corrected chi connectivity index (χ3v) is 12.1. The van der Waals surface area contributed by atoms with Gasteiger partial charge in [-0.1, -0.05) is 242 Å². The van der Waals surface area contributed by atoms with Gasteiger partial charge in [0, 0.05) is 5.41 Å². The molecule has 0 saturated carbocycles. The van der Waals surface area contributed by atoms with Gasteiger partial charge in [0.05, 0.1) is 12.5 Å². The second kappa shape index (κ2) is 29.1. The van der Waals surface area contributed by atoms with Gasteiger partial charge in [-0.15, -0.1) is 0 Å². The van der Waals surface area contributed by atoms with Crippen molar-refractivity contribution in [1.82, 2.24) is 4.98 Å². The summed E-state index contributed by atoms with van der Waals surface area (Å²) < 4.78 is 2.60. The van der Waals surface area contributed by atoms with Gasteiger partial charge in [0.1, 0.15) is 12.4 Å². The number of benzene rings is 2. The SMILES string of the molecule is CCCCCCCCCCCCCCCCC[n+]1cc[nH]c1C(CCCCCCCCCCCCCC)C(C)(Cc1ccccc1)c1ccccc1. The highest BCUT2D eigenvalue weighted by atomic mass is 15.1. The summed E-state index contributed by atoms with van der Waals surface area (Å²) in [5.74, 6) is 1.88. The van der Waals surface area contributed by atoms with Crippen molar-refractivity contribution in [3.05, 3.63) is 90.0 Å². The summed E-state index contributed by atoms with van der Waals surface area (Å²) in [6.07, 6.45) is 44.9. The molecule has 0 radical (unpaired) electrons. The van der Waals surface area contributed by atoms with Gasteiger partial charge in [0.25, 0.3) is 5.82 Å². The van der Waals surface area contributed by atoms with Crippen molar-refractivity contribution < 1.29 is 4.57 Å². The number of aromatic nitrogens is 2. The maximum Gasteiger partial charge on any atom is 0.258 e. The average Bonchev–Trinajstić information content (AvgIpc) is 3.63. The molecule has 292 valence electrons. The lowest BCUT2D eigenvalue weighted by atomic mass is 9.66. The molecule has 0 aliphatic carbocycles. The molecule has 0 fully saturated rings. The van der Waals surface area contributed by atoms with Gasteiger partial charge >= 0.3 is 0 Å². The van der Waals surface area contributed by atoms with Crippen LogP contribution < -0.4 is 4.57 Å². The van der Waals surface area contributed by atoms with Crippen molar-refractivity contribution in [3.8, 4) is 0 Å². The third-order valence-electron chi connectivity index (χ3n) is 12.1. The maximum atomic E-state index is 3.83. The Morgan fingerprint density at radius 1 is 0.500 bits per heavy atom. The summed E-state index contributed by atoms with van der Waals surface area (Å²) in [7, 11) is 0. The normalized spacial score (nSPS) is 13.4. The van der Waals surface area contributed by atoms with E-state index in [2.05, 4.69) is 103 Å². The molecule has 2 atom stereocenters. The smallest absolute Gasteiger partial charge is 0.247 e. The van der Waals surface area contributed by atoms with E-state index in [1.807, 2.05) is 0 Å². The van der Waals surface area contributed by atoms with Crippen molar-refractivity contribution in [2.45, 2.75) is 225 Å². The van der Waals surface area contributed by atoms with Gasteiger partial charge in [-0.25, -0.2) is 9.55 Å². The molecule has 3 rings (SSSR count). The number of nitrogens with one attached hydrogen (secondary N) is 1. The molecule has 52 heavy (non-hydrogen) atoms. The van der Waals surface area contributed by atoms with E-state index in [1.165, 1.54) is 197 Å². The van der Waals surface area contributed by atoms with Gasteiger partial charge in [0.2, 0.25) is 0 Å². The van der Waals surface area contributed by atoms with E-state index in [-0.39, 0.29) is 5.41 Å². The van der Waals surface area contributed by atoms with Gasteiger partial charge in [-0.2, -0.15) is 0 Å². The van der Waals surface area contributed by atoms with Crippen molar-refractivity contribution in [2.24, 2.45) is 0 Å². The van der Waals surface area contributed by atoms with E-state index in [0.717, 1.165) is 13.0 Å². The molecule has 0 saturated heterocycles. The van der Waals surface area contributed by atoms with E-state index in [9.17, 15) is 0 Å². The lowest BCUT2D eigenvalue weighted by Gasteiger charge is -2.37. The van der Waals surface area contributed by atoms with Gasteiger partial charge in [-0.3, -0.25) is 0 Å². The summed E-state index contributed by atoms with van der Waals surface area (Å²) in [6, 6.07) is 22.7. The maximum absolute atomic E-state index is 3.83. The number of aromatic amines is 1. The Bertz CT molecular complexity index is 1200. The Morgan fingerprint density at radius 3 is 1.37 bits per heavy atom. The molecule has 0 aliphatic rings. The number of nitrogens with zero attached hydrogens (tertiary/aromatic N) is 1. The van der Waals surface area contributed by atoms with Crippen LogP contribution in [0.3, 0.4) is 0 Å². The molecule has 0 aliphatic heterocycles. The molecule has 1 aromatic heterocycles. The first-order chi connectivity index (χ1) is 25.7. The summed E-state index contributed by atoms with van der Waals surface area (Å²) in [4.78, 5) is 3.83. The Hall–Kier alpha value is -2.35. The fourth-order valence-electron chi connectivity index (χ4n) is 8.74. The predicted molar refractivity (Wildman–Crippen MR) is 228 cm³/mol. The zero-order chi connectivity index (χ0) is 36.8. The molecule has 0 bridgehead atoms. The van der Waals surface area contributed by atoms with Gasteiger partial charge in [-0.05, 0) is 36.8 Å². The molecule has 1 heterocycles. The van der Waals surface area contributed by atoms with Crippen LogP contribution in [0.1, 0.15) is 223 Å². The number of rotatable bonds is 34. The number of unbranched alkanes of at least 4 members (excludes halogenated alkanes) is 25. The third kappa shape index (κ3) is 18.1. The number of aryl methyl sites for hydroxylation is 1. The van der Waals surface area contributed by atoms with E-state index in [0.29, 0.717) is 5.92 Å². The number of H-pyrrole nitrogens is 1. The first-order valence-electron chi connectivity index (χ1n) is 22.8. The van der Waals surface area contributed by atoms with Crippen molar-refractivity contribution in [3.63, 3.8) is 0 Å². The number of hydrogen-bond acceptors (Lipinski definition) is 0. The summed E-state index contributed by atoms with van der Waals surface area (Å²) in [5.41, 5.74) is 2.91. The average molecular weight is 712 g/mol. The molecule has 2 heteroatoms. The van der Waals surface area contributed by atoms with Crippen LogP contribution in [0.2, 0.25) is 0 Å².